The predicted octanol–water partition coefficient (Wildman–Crippen LogP) is -2.36. The highest BCUT2D eigenvalue weighted by atomic mass is 35.5. The quantitative estimate of drug-likeness (QED) is 0.0240. The number of carboxylic acid groups (broad SMARTS) is 2. The maximum absolute atomic E-state index is 13.4. The molecule has 0 radical (unpaired) electrons. The molecule has 0 bridgehead atoms. The summed E-state index contributed by atoms with van der Waals surface area (Å²) in [5, 5.41) is 60.1. The molecule has 10 N–H and O–H groups in total. The van der Waals surface area contributed by atoms with Crippen LogP contribution in [0, 0.1) is 0 Å². The summed E-state index contributed by atoms with van der Waals surface area (Å²) in [5.41, 5.74) is 4.41. The number of thiazole rings is 1. The van der Waals surface area contributed by atoms with Crippen LogP contribution in [0.4, 0.5) is 5.13 Å². The lowest BCUT2D eigenvalue weighted by atomic mass is 10.0. The first-order valence-corrected chi connectivity index (χ1v) is 18.2. The van der Waals surface area contributed by atoms with Gasteiger partial charge in [0.1, 0.15) is 17.1 Å². The van der Waals surface area contributed by atoms with E-state index in [-0.39, 0.29) is 16.4 Å². The number of phenols is 2. The smallest absolute Gasteiger partial charge is 0.350 e. The van der Waals surface area contributed by atoms with Crippen molar-refractivity contribution >= 4 is 98.6 Å². The fourth-order valence-electron chi connectivity index (χ4n) is 5.44. The summed E-state index contributed by atoms with van der Waals surface area (Å²) < 4.78 is 0. The van der Waals surface area contributed by atoms with Crippen LogP contribution in [0.1, 0.15) is 31.5 Å². The van der Waals surface area contributed by atoms with E-state index in [1.165, 1.54) is 19.2 Å². The number of carbonyl (C=O) groups is 8. The third kappa shape index (κ3) is 7.99. The van der Waals surface area contributed by atoms with Crippen LogP contribution < -0.4 is 21.8 Å². The summed E-state index contributed by atoms with van der Waals surface area (Å²) >= 11 is 7.44. The Kier molecular flexibility index (Phi) is 11.7. The van der Waals surface area contributed by atoms with Gasteiger partial charge in [0.25, 0.3) is 11.8 Å². The Hall–Kier alpha value is -6.41. The molecule has 4 heterocycles. The number of halogens is 1. The first kappa shape index (κ1) is 41.7. The first-order valence-electron chi connectivity index (χ1n) is 16.1. The fourth-order valence-corrected chi connectivity index (χ4v) is 7.88. The topological polar surface area (TPSA) is 356 Å². The summed E-state index contributed by atoms with van der Waals surface area (Å²) in [5.74, 6) is -10.7. The zero-order chi connectivity index (χ0) is 42.1. The highest BCUT2D eigenvalue weighted by Crippen LogP contribution is 2.49. The number of nitrogens with two attached hydrogens (primary N) is 1. The monoisotopic (exact) mass is 854 g/mol. The molecule has 6 amide bonds. The Labute approximate surface area is 332 Å². The Bertz CT molecular complexity index is 2150. The van der Waals surface area contributed by atoms with E-state index in [9.17, 15) is 64.0 Å². The molecule has 0 aliphatic carbocycles. The zero-order valence-electron chi connectivity index (χ0n) is 29.3. The van der Waals surface area contributed by atoms with Crippen molar-refractivity contribution in [3.05, 3.63) is 33.8 Å². The van der Waals surface area contributed by atoms with Crippen LogP contribution in [0.15, 0.2) is 27.8 Å². The molecular formula is C30H31ClN10O14S2. The zero-order valence-corrected chi connectivity index (χ0v) is 31.7. The maximum Gasteiger partial charge on any atom is 0.350 e. The number of nitrogens with zero attached hydrogens (tertiary/aromatic N) is 6. The van der Waals surface area contributed by atoms with Gasteiger partial charge in [0, 0.05) is 30.5 Å². The number of β-lactam (4-membered cyclic amide) rings is 1. The lowest BCUT2D eigenvalue weighted by Crippen LogP contribution is -2.69. The lowest BCUT2D eigenvalue weighted by molar-refractivity contribution is -0.168. The minimum Gasteiger partial charge on any atom is -0.504 e. The summed E-state index contributed by atoms with van der Waals surface area (Å²) in [6.07, 6.45) is -0.479. The molecular weight excluding hydrogens is 824 g/mol. The number of carboxylic acids is 2. The maximum atomic E-state index is 13.4. The first-order chi connectivity index (χ1) is 26.7. The Morgan fingerprint density at radius 1 is 1.09 bits per heavy atom. The van der Waals surface area contributed by atoms with Crippen molar-refractivity contribution in [3.63, 3.8) is 0 Å². The van der Waals surface area contributed by atoms with Gasteiger partial charge in [0.2, 0.25) is 22.3 Å². The van der Waals surface area contributed by atoms with Crippen molar-refractivity contribution in [1.29, 1.82) is 0 Å². The molecule has 0 spiro atoms. The Balaban J connectivity index is 1.20. The highest BCUT2D eigenvalue weighted by Gasteiger charge is 2.66. The molecule has 24 nitrogen and oxygen atoms in total. The number of hydrazine groups is 1. The minimum absolute atomic E-state index is 0.0269. The van der Waals surface area contributed by atoms with Gasteiger partial charge in [-0.25, -0.2) is 19.6 Å². The molecule has 57 heavy (non-hydrogen) atoms. The summed E-state index contributed by atoms with van der Waals surface area (Å²) in [6.45, 7) is 0.527. The number of aromatic hydroxyl groups is 2. The van der Waals surface area contributed by atoms with E-state index >= 15 is 0 Å². The number of nitrogen functional groups attached to an aromatic ring is 1. The molecule has 3 atom stereocenters. The molecule has 3 fully saturated rings. The number of oxime groups is 2. The summed E-state index contributed by atoms with van der Waals surface area (Å²) in [7, 11) is 0. The largest absolute Gasteiger partial charge is 0.504 e. The molecule has 3 saturated heterocycles. The van der Waals surface area contributed by atoms with Crippen molar-refractivity contribution in [3.8, 4) is 11.5 Å². The van der Waals surface area contributed by atoms with E-state index in [2.05, 4.69) is 31.4 Å². The number of carbonyl (C=O) groups excluding carboxylic acids is 6. The van der Waals surface area contributed by atoms with E-state index < -0.39 is 130 Å². The van der Waals surface area contributed by atoms with Gasteiger partial charge in [0.15, 0.2) is 28.1 Å². The SMILES string of the molecule is CC(C)(O/N=C(\C(=O)NC1C(=O)N2C[C@@](C(=O)O)(N3CCN(NC(=O)CCNC(=O)/C(=N\O)c4ccc(O)c(O)c4Cl)C(=O)C3=O)S[C@H]12)c1csc(N)n1)C(=O)O. The van der Waals surface area contributed by atoms with E-state index in [1.54, 1.807) is 0 Å². The average molecular weight is 855 g/mol. The van der Waals surface area contributed by atoms with Gasteiger partial charge in [-0.2, -0.15) is 0 Å². The molecule has 5 rings (SSSR count). The second-order valence-corrected chi connectivity index (χ2v) is 15.3. The second kappa shape index (κ2) is 16.0. The van der Waals surface area contributed by atoms with E-state index in [4.69, 9.17) is 22.2 Å². The molecule has 3 aliphatic heterocycles. The standard InChI is InChI=1S/C30H31ClN10O14S2/c1-29(2,26(50)51)55-38-17(12-9-56-28(32)34-12)21(46)35-18-22(47)39-10-30(27(52)53,57-25(18)39)40-7-8-41(24(49)23(40)48)36-14(43)5-6-33-20(45)16(37-54)11-3-4-13(42)19(44)15(11)31/h3-4,9,18,25,42,44,54H,5-8,10H2,1-2H3,(H2,32,34)(H,33,45)(H,35,46)(H,36,43)(H,50,51)(H,52,53)/b37-16-,38-17-/t18?,25-,30-/m1/s1. The number of nitrogens with one attached hydrogen (secondary N) is 3. The number of hydrogen-bond donors (Lipinski definition) is 9. The Morgan fingerprint density at radius 3 is 2.40 bits per heavy atom. The number of aromatic nitrogens is 1. The van der Waals surface area contributed by atoms with Gasteiger partial charge in [-0.05, 0) is 26.0 Å². The molecule has 2 aromatic rings. The molecule has 1 aromatic carbocycles. The third-order valence-corrected chi connectivity index (χ3v) is 11.3. The van der Waals surface area contributed by atoms with Gasteiger partial charge >= 0.3 is 23.8 Å². The number of fused-ring (bicyclic) bond motifs is 1. The van der Waals surface area contributed by atoms with Crippen LogP contribution in [-0.2, 0) is 43.2 Å². The average Bonchev–Trinajstić information content (AvgIpc) is 3.75. The van der Waals surface area contributed by atoms with Crippen LogP contribution in [0.3, 0.4) is 0 Å². The lowest BCUT2D eigenvalue weighted by Gasteiger charge is -2.41. The van der Waals surface area contributed by atoms with Crippen LogP contribution in [-0.4, -0.2) is 152 Å². The molecule has 1 unspecified atom stereocenters. The molecule has 304 valence electrons. The molecule has 1 aromatic heterocycles. The van der Waals surface area contributed by atoms with Gasteiger partial charge in [0.05, 0.1) is 18.1 Å². The van der Waals surface area contributed by atoms with E-state index in [1.807, 2.05) is 0 Å². The number of phenolic OH excluding ortho intramolecular Hbond substituents is 2. The van der Waals surface area contributed by atoms with Crippen molar-refractivity contribution in [1.82, 2.24) is 35.9 Å². The number of hydrogen-bond acceptors (Lipinski definition) is 18. The molecule has 27 heteroatoms. The summed E-state index contributed by atoms with van der Waals surface area (Å²) in [6, 6.07) is 0.714. The number of amides is 6. The van der Waals surface area contributed by atoms with Crippen LogP contribution in [0.25, 0.3) is 0 Å². The minimum atomic E-state index is -2.20. The van der Waals surface area contributed by atoms with Crippen molar-refractivity contribution < 1.29 is 68.8 Å². The van der Waals surface area contributed by atoms with Gasteiger partial charge in [-0.1, -0.05) is 33.7 Å². The summed E-state index contributed by atoms with van der Waals surface area (Å²) in [4.78, 5) is 111. The second-order valence-electron chi connectivity index (χ2n) is 12.6. The number of benzene rings is 1. The third-order valence-electron chi connectivity index (χ3n) is 8.54. The van der Waals surface area contributed by atoms with Gasteiger partial charge in [-0.15, -0.1) is 11.3 Å². The van der Waals surface area contributed by atoms with Gasteiger partial charge in [-0.3, -0.25) is 34.2 Å². The number of rotatable bonds is 14. The van der Waals surface area contributed by atoms with Gasteiger partial charge < -0.3 is 56.6 Å². The number of anilines is 1. The van der Waals surface area contributed by atoms with Crippen LogP contribution >= 0.6 is 34.7 Å². The van der Waals surface area contributed by atoms with Crippen molar-refractivity contribution in [2.45, 2.75) is 42.2 Å². The molecule has 3 aliphatic rings. The predicted molar refractivity (Wildman–Crippen MR) is 194 cm³/mol. The van der Waals surface area contributed by atoms with Crippen molar-refractivity contribution in [2.24, 2.45) is 10.3 Å². The highest BCUT2D eigenvalue weighted by molar-refractivity contribution is 8.02. The molecule has 0 saturated carbocycles. The Morgan fingerprint density at radius 2 is 1.79 bits per heavy atom. The van der Waals surface area contributed by atoms with E-state index in [0.29, 0.717) is 16.8 Å². The fraction of sp³-hybridized carbons (Fsp3) is 0.367. The van der Waals surface area contributed by atoms with Crippen molar-refractivity contribution in [2.75, 3.05) is 31.9 Å². The van der Waals surface area contributed by atoms with Crippen LogP contribution in [0.5, 0.6) is 11.5 Å². The normalized spacial score (nSPS) is 21.1. The van der Waals surface area contributed by atoms with E-state index in [0.717, 1.165) is 33.3 Å². The number of thioether (sulfide) groups is 1. The van der Waals surface area contributed by atoms with Crippen LogP contribution in [0.2, 0.25) is 5.02 Å². The number of piperazine rings is 1. The number of aliphatic carboxylic acids is 2.